The molecule has 0 spiro atoms. The van der Waals surface area contributed by atoms with Crippen LogP contribution in [0.2, 0.25) is 10.0 Å². The van der Waals surface area contributed by atoms with Gasteiger partial charge in [0, 0.05) is 29.4 Å². The summed E-state index contributed by atoms with van der Waals surface area (Å²) in [5.74, 6) is 0.0987. The van der Waals surface area contributed by atoms with Crippen LogP contribution >= 0.6 is 23.2 Å². The normalized spacial score (nSPS) is 10.6. The molecule has 0 atom stereocenters. The lowest BCUT2D eigenvalue weighted by Gasteiger charge is -2.24. The second-order valence-electron chi connectivity index (χ2n) is 4.75. The zero-order valence-corrected chi connectivity index (χ0v) is 13.0. The maximum Gasteiger partial charge on any atom is 0.139 e. The lowest BCUT2D eigenvalue weighted by Crippen LogP contribution is -2.22. The van der Waals surface area contributed by atoms with Crippen molar-refractivity contribution in [3.05, 3.63) is 57.6 Å². The van der Waals surface area contributed by atoms with Gasteiger partial charge in [-0.3, -0.25) is 0 Å². The minimum Gasteiger partial charge on any atom is -0.506 e. The predicted octanol–water partition coefficient (Wildman–Crippen LogP) is 5.03. The largest absolute Gasteiger partial charge is 0.506 e. The van der Waals surface area contributed by atoms with E-state index >= 15 is 0 Å². The molecular weight excluding hydrogens is 293 g/mol. The van der Waals surface area contributed by atoms with Gasteiger partial charge in [-0.1, -0.05) is 40.9 Å². The summed E-state index contributed by atoms with van der Waals surface area (Å²) < 4.78 is 0. The van der Waals surface area contributed by atoms with Crippen LogP contribution in [0.3, 0.4) is 0 Å². The number of halogens is 2. The van der Waals surface area contributed by atoms with Crippen molar-refractivity contribution in [2.24, 2.45) is 0 Å². The van der Waals surface area contributed by atoms with Gasteiger partial charge in [0.1, 0.15) is 5.75 Å². The zero-order valence-electron chi connectivity index (χ0n) is 11.5. The van der Waals surface area contributed by atoms with Crippen LogP contribution in [0.15, 0.2) is 36.4 Å². The van der Waals surface area contributed by atoms with Gasteiger partial charge in [-0.25, -0.2) is 0 Å². The van der Waals surface area contributed by atoms with E-state index in [-0.39, 0.29) is 10.8 Å². The minimum absolute atomic E-state index is 0.0987. The van der Waals surface area contributed by atoms with Gasteiger partial charge in [0.15, 0.2) is 0 Å². The average Bonchev–Trinajstić information content (AvgIpc) is 2.42. The van der Waals surface area contributed by atoms with Crippen LogP contribution in [-0.2, 0) is 6.54 Å². The molecular formula is C16H17Cl2NO. The fourth-order valence-corrected chi connectivity index (χ4v) is 2.62. The number of phenolic OH excluding ortho intramolecular Hbond substituents is 1. The summed E-state index contributed by atoms with van der Waals surface area (Å²) in [5.41, 5.74) is 3.05. The third-order valence-electron chi connectivity index (χ3n) is 3.25. The SMILES string of the molecule is CCN(Cc1cc(Cl)cc(Cl)c1O)c1ccc(C)cc1. The maximum atomic E-state index is 10.0. The molecule has 0 unspecified atom stereocenters. The van der Waals surface area contributed by atoms with Crippen molar-refractivity contribution >= 4 is 28.9 Å². The number of aryl methyl sites for hydroxylation is 1. The molecule has 1 N–H and O–H groups in total. The molecule has 2 nitrogen and oxygen atoms in total. The topological polar surface area (TPSA) is 23.5 Å². The first-order valence-corrected chi connectivity index (χ1v) is 7.25. The number of rotatable bonds is 4. The third-order valence-corrected chi connectivity index (χ3v) is 3.76. The smallest absolute Gasteiger partial charge is 0.139 e. The highest BCUT2D eigenvalue weighted by atomic mass is 35.5. The van der Waals surface area contributed by atoms with Crippen LogP contribution in [-0.4, -0.2) is 11.7 Å². The average molecular weight is 310 g/mol. The van der Waals surface area contributed by atoms with E-state index in [1.165, 1.54) is 5.56 Å². The highest BCUT2D eigenvalue weighted by Gasteiger charge is 2.12. The lowest BCUT2D eigenvalue weighted by molar-refractivity contribution is 0.467. The molecule has 0 saturated carbocycles. The van der Waals surface area contributed by atoms with E-state index < -0.39 is 0 Å². The summed E-state index contributed by atoms with van der Waals surface area (Å²) in [7, 11) is 0. The number of phenols is 1. The van der Waals surface area contributed by atoms with Crippen LogP contribution < -0.4 is 4.90 Å². The predicted molar refractivity (Wildman–Crippen MR) is 86.0 cm³/mol. The molecule has 4 heteroatoms. The number of aromatic hydroxyl groups is 1. The van der Waals surface area contributed by atoms with Crippen LogP contribution in [0.5, 0.6) is 5.75 Å². The zero-order chi connectivity index (χ0) is 14.7. The van der Waals surface area contributed by atoms with Crippen LogP contribution in [0, 0.1) is 6.92 Å². The van der Waals surface area contributed by atoms with Crippen LogP contribution in [0.4, 0.5) is 5.69 Å². The van der Waals surface area contributed by atoms with Gasteiger partial charge in [0.05, 0.1) is 5.02 Å². The molecule has 0 fully saturated rings. The van der Waals surface area contributed by atoms with Crippen molar-refractivity contribution < 1.29 is 5.11 Å². The Morgan fingerprint density at radius 2 is 1.75 bits per heavy atom. The van der Waals surface area contributed by atoms with Crippen molar-refractivity contribution in [3.63, 3.8) is 0 Å². The van der Waals surface area contributed by atoms with Crippen molar-refractivity contribution in [3.8, 4) is 5.75 Å². The molecule has 0 saturated heterocycles. The summed E-state index contributed by atoms with van der Waals surface area (Å²) >= 11 is 12.0. The van der Waals surface area contributed by atoms with Gasteiger partial charge in [-0.15, -0.1) is 0 Å². The second kappa shape index (κ2) is 6.38. The summed E-state index contributed by atoms with van der Waals surface area (Å²) in [6, 6.07) is 11.6. The molecule has 2 aromatic carbocycles. The van der Waals surface area contributed by atoms with E-state index in [4.69, 9.17) is 23.2 Å². The van der Waals surface area contributed by atoms with Gasteiger partial charge in [0.25, 0.3) is 0 Å². The van der Waals surface area contributed by atoms with E-state index in [2.05, 4.69) is 43.0 Å². The summed E-state index contributed by atoms with van der Waals surface area (Å²) in [6.45, 7) is 5.52. The summed E-state index contributed by atoms with van der Waals surface area (Å²) in [6.07, 6.45) is 0. The Balaban J connectivity index is 2.29. The van der Waals surface area contributed by atoms with E-state index in [0.717, 1.165) is 17.8 Å². The fraction of sp³-hybridized carbons (Fsp3) is 0.250. The molecule has 0 heterocycles. The highest BCUT2D eigenvalue weighted by molar-refractivity contribution is 6.35. The first-order chi connectivity index (χ1) is 9.51. The number of nitrogens with zero attached hydrogens (tertiary/aromatic N) is 1. The van der Waals surface area contributed by atoms with E-state index in [1.54, 1.807) is 12.1 Å². The molecule has 0 radical (unpaired) electrons. The molecule has 20 heavy (non-hydrogen) atoms. The Hall–Kier alpha value is -1.38. The summed E-state index contributed by atoms with van der Waals surface area (Å²) in [5, 5.41) is 10.9. The number of benzene rings is 2. The molecule has 0 aromatic heterocycles. The molecule has 0 bridgehead atoms. The van der Waals surface area contributed by atoms with Gasteiger partial charge < -0.3 is 10.0 Å². The number of hydrogen-bond acceptors (Lipinski definition) is 2. The lowest BCUT2D eigenvalue weighted by atomic mass is 10.1. The summed E-state index contributed by atoms with van der Waals surface area (Å²) in [4.78, 5) is 2.15. The van der Waals surface area contributed by atoms with Crippen molar-refractivity contribution in [1.29, 1.82) is 0 Å². The molecule has 2 rings (SSSR count). The van der Waals surface area contributed by atoms with Crippen molar-refractivity contribution in [2.75, 3.05) is 11.4 Å². The molecule has 0 aliphatic rings. The molecule has 2 aromatic rings. The Morgan fingerprint density at radius 3 is 2.35 bits per heavy atom. The van der Waals surface area contributed by atoms with Crippen molar-refractivity contribution in [1.82, 2.24) is 0 Å². The Labute approximate surface area is 129 Å². The Morgan fingerprint density at radius 1 is 1.10 bits per heavy atom. The standard InChI is InChI=1S/C16H17Cl2NO/c1-3-19(14-6-4-11(2)5-7-14)10-12-8-13(17)9-15(18)16(12)20/h4-9,20H,3,10H2,1-2H3. The second-order valence-corrected chi connectivity index (χ2v) is 5.59. The van der Waals surface area contributed by atoms with Crippen LogP contribution in [0.1, 0.15) is 18.1 Å². The molecule has 106 valence electrons. The quantitative estimate of drug-likeness (QED) is 0.855. The highest BCUT2D eigenvalue weighted by Crippen LogP contribution is 2.32. The first-order valence-electron chi connectivity index (χ1n) is 6.49. The fourth-order valence-electron chi connectivity index (χ4n) is 2.09. The Bertz CT molecular complexity index is 596. The van der Waals surface area contributed by atoms with Gasteiger partial charge in [-0.05, 0) is 38.1 Å². The first kappa shape index (κ1) is 15.0. The monoisotopic (exact) mass is 309 g/mol. The minimum atomic E-state index is 0.0987. The molecule has 0 aliphatic carbocycles. The molecule has 0 amide bonds. The van der Waals surface area contributed by atoms with Crippen molar-refractivity contribution in [2.45, 2.75) is 20.4 Å². The maximum absolute atomic E-state index is 10.0. The van der Waals surface area contributed by atoms with Gasteiger partial charge in [-0.2, -0.15) is 0 Å². The van der Waals surface area contributed by atoms with Gasteiger partial charge in [0.2, 0.25) is 0 Å². The van der Waals surface area contributed by atoms with Crippen LogP contribution in [0.25, 0.3) is 0 Å². The number of anilines is 1. The Kier molecular flexibility index (Phi) is 4.79. The van der Waals surface area contributed by atoms with Gasteiger partial charge >= 0.3 is 0 Å². The van der Waals surface area contributed by atoms with E-state index in [9.17, 15) is 5.11 Å². The number of hydrogen-bond donors (Lipinski definition) is 1. The third kappa shape index (κ3) is 3.38. The molecule has 0 aliphatic heterocycles. The van der Waals surface area contributed by atoms with E-state index in [0.29, 0.717) is 11.6 Å². The van der Waals surface area contributed by atoms with E-state index in [1.807, 2.05) is 0 Å².